The first-order chi connectivity index (χ1) is 8.16. The summed E-state index contributed by atoms with van der Waals surface area (Å²) in [5, 5.41) is 3.50. The van der Waals surface area contributed by atoms with E-state index in [-0.39, 0.29) is 0 Å². The largest absolute Gasteiger partial charge is 0.314 e. The van der Waals surface area contributed by atoms with Crippen molar-refractivity contribution in [2.45, 2.75) is 51.0 Å². The molecule has 98 valence electrons. The fraction of sp³-hybridized carbons (Fsp3) is 0.846. The summed E-state index contributed by atoms with van der Waals surface area (Å²) in [5.41, 5.74) is 1.59. The third-order valence-corrected chi connectivity index (χ3v) is 5.53. The third kappa shape index (κ3) is 4.43. The van der Waals surface area contributed by atoms with E-state index in [0.29, 0.717) is 17.5 Å². The summed E-state index contributed by atoms with van der Waals surface area (Å²) < 4.78 is 22.6. The van der Waals surface area contributed by atoms with E-state index >= 15 is 0 Å². The lowest BCUT2D eigenvalue weighted by Crippen LogP contribution is -2.38. The molecule has 1 N–H and O–H groups in total. The Hall–Kier alpha value is -0.350. The van der Waals surface area contributed by atoms with Gasteiger partial charge in [-0.3, -0.25) is 0 Å². The lowest BCUT2D eigenvalue weighted by Gasteiger charge is -2.23. The topological polar surface area (TPSA) is 46.2 Å². The van der Waals surface area contributed by atoms with Crippen LogP contribution in [-0.4, -0.2) is 32.5 Å². The van der Waals surface area contributed by atoms with Crippen LogP contribution >= 0.6 is 0 Å². The molecule has 1 saturated heterocycles. The van der Waals surface area contributed by atoms with Gasteiger partial charge in [0.15, 0.2) is 0 Å². The minimum absolute atomic E-state index is 0.368. The van der Waals surface area contributed by atoms with E-state index in [0.717, 1.165) is 25.8 Å². The van der Waals surface area contributed by atoms with Gasteiger partial charge in [-0.25, -0.2) is 8.42 Å². The molecule has 1 aliphatic carbocycles. The molecule has 0 radical (unpaired) electrons. The van der Waals surface area contributed by atoms with Crippen LogP contribution in [0.3, 0.4) is 0 Å². The van der Waals surface area contributed by atoms with Gasteiger partial charge in [-0.2, -0.15) is 0 Å². The number of rotatable bonds is 4. The minimum Gasteiger partial charge on any atom is -0.314 e. The third-order valence-electron chi connectivity index (χ3n) is 3.82. The van der Waals surface area contributed by atoms with E-state index in [4.69, 9.17) is 0 Å². The molecular weight excluding hydrogens is 234 g/mol. The van der Waals surface area contributed by atoms with Crippen LogP contribution in [0.4, 0.5) is 0 Å². The molecule has 3 nitrogen and oxygen atoms in total. The van der Waals surface area contributed by atoms with E-state index in [2.05, 4.69) is 11.4 Å². The van der Waals surface area contributed by atoms with Crippen LogP contribution in [-0.2, 0) is 9.84 Å². The molecule has 0 aromatic heterocycles. The normalized spacial score (nSPS) is 25.5. The lowest BCUT2D eigenvalue weighted by atomic mass is 9.97. The lowest BCUT2D eigenvalue weighted by molar-refractivity contribution is 0.463. The molecule has 0 aromatic rings. The van der Waals surface area contributed by atoms with Gasteiger partial charge in [-0.15, -0.1) is 0 Å². The van der Waals surface area contributed by atoms with Gasteiger partial charge in [-0.05, 0) is 51.5 Å². The van der Waals surface area contributed by atoms with E-state index < -0.39 is 9.84 Å². The molecule has 2 aliphatic rings. The van der Waals surface area contributed by atoms with Crippen molar-refractivity contribution in [3.05, 3.63) is 11.6 Å². The highest BCUT2D eigenvalue weighted by Gasteiger charge is 2.22. The molecule has 0 amide bonds. The van der Waals surface area contributed by atoms with Crippen LogP contribution in [0.5, 0.6) is 0 Å². The monoisotopic (exact) mass is 257 g/mol. The molecule has 0 saturated carbocycles. The number of hydrogen-bond donors (Lipinski definition) is 1. The van der Waals surface area contributed by atoms with Gasteiger partial charge in [0.05, 0.1) is 11.5 Å². The molecule has 0 unspecified atom stereocenters. The summed E-state index contributed by atoms with van der Waals surface area (Å²) in [4.78, 5) is 0. The van der Waals surface area contributed by atoms with Crippen molar-refractivity contribution in [1.29, 1.82) is 0 Å². The Balaban J connectivity index is 1.64. The van der Waals surface area contributed by atoms with Crippen LogP contribution in [0, 0.1) is 0 Å². The molecule has 0 aromatic carbocycles. The molecule has 0 spiro atoms. The van der Waals surface area contributed by atoms with Crippen molar-refractivity contribution in [3.63, 3.8) is 0 Å². The van der Waals surface area contributed by atoms with Crippen LogP contribution in [0.1, 0.15) is 44.9 Å². The Morgan fingerprint density at radius 2 is 2.00 bits per heavy atom. The first-order valence-corrected chi connectivity index (χ1v) is 8.59. The Bertz CT molecular complexity index is 359. The van der Waals surface area contributed by atoms with Crippen LogP contribution in [0.2, 0.25) is 0 Å². The van der Waals surface area contributed by atoms with Gasteiger partial charge < -0.3 is 5.32 Å². The van der Waals surface area contributed by atoms with Gasteiger partial charge in [0.1, 0.15) is 9.84 Å². The summed E-state index contributed by atoms with van der Waals surface area (Å²) in [6, 6.07) is 0.419. The smallest absolute Gasteiger partial charge is 0.150 e. The van der Waals surface area contributed by atoms with Crippen LogP contribution in [0.15, 0.2) is 11.6 Å². The van der Waals surface area contributed by atoms with Gasteiger partial charge in [-0.1, -0.05) is 11.6 Å². The SMILES string of the molecule is O=S1(=O)CCC(NCCC2=CCCCC2)CC1. The first kappa shape index (κ1) is 13.1. The highest BCUT2D eigenvalue weighted by molar-refractivity contribution is 7.91. The quantitative estimate of drug-likeness (QED) is 0.784. The number of nitrogens with one attached hydrogen (secondary N) is 1. The van der Waals surface area contributed by atoms with E-state index in [1.807, 2.05) is 0 Å². The summed E-state index contributed by atoms with van der Waals surface area (Å²) in [7, 11) is -2.71. The Labute approximate surface area is 105 Å². The van der Waals surface area contributed by atoms with Crippen molar-refractivity contribution in [2.24, 2.45) is 0 Å². The van der Waals surface area contributed by atoms with E-state index in [1.165, 1.54) is 25.7 Å². The zero-order chi connectivity index (χ0) is 12.1. The second-order valence-corrected chi connectivity index (χ2v) is 7.54. The molecule has 0 bridgehead atoms. The maximum atomic E-state index is 11.3. The minimum atomic E-state index is -2.71. The standard InChI is InChI=1S/C13H23NO2S/c15-17(16)10-7-13(8-11-17)14-9-6-12-4-2-1-3-5-12/h4,13-14H,1-3,5-11H2. The summed E-state index contributed by atoms with van der Waals surface area (Å²) in [6.45, 7) is 1.01. The molecular formula is C13H23NO2S. The summed E-state index contributed by atoms with van der Waals surface area (Å²) in [5.74, 6) is 0.737. The van der Waals surface area contributed by atoms with Crippen LogP contribution in [0.25, 0.3) is 0 Å². The van der Waals surface area contributed by atoms with Crippen LogP contribution < -0.4 is 5.32 Å². The number of sulfone groups is 1. The Morgan fingerprint density at radius 1 is 1.24 bits per heavy atom. The second-order valence-electron chi connectivity index (χ2n) is 5.24. The highest BCUT2D eigenvalue weighted by atomic mass is 32.2. The summed E-state index contributed by atoms with van der Waals surface area (Å²) >= 11 is 0. The van der Waals surface area contributed by atoms with Gasteiger partial charge in [0, 0.05) is 6.04 Å². The molecule has 1 fully saturated rings. The summed E-state index contributed by atoms with van der Waals surface area (Å²) in [6.07, 6.45) is 10.3. The van der Waals surface area contributed by atoms with Crippen molar-refractivity contribution in [2.75, 3.05) is 18.1 Å². The molecule has 0 atom stereocenters. The molecule has 2 rings (SSSR count). The number of allylic oxidation sites excluding steroid dienone is 1. The van der Waals surface area contributed by atoms with Gasteiger partial charge >= 0.3 is 0 Å². The first-order valence-electron chi connectivity index (χ1n) is 6.77. The Kier molecular flexibility index (Phi) is 4.62. The Morgan fingerprint density at radius 3 is 2.65 bits per heavy atom. The maximum absolute atomic E-state index is 11.3. The van der Waals surface area contributed by atoms with Gasteiger partial charge in [0.25, 0.3) is 0 Å². The van der Waals surface area contributed by atoms with E-state index in [1.54, 1.807) is 5.57 Å². The van der Waals surface area contributed by atoms with Crippen molar-refractivity contribution < 1.29 is 8.42 Å². The molecule has 17 heavy (non-hydrogen) atoms. The molecule has 1 aliphatic heterocycles. The van der Waals surface area contributed by atoms with E-state index in [9.17, 15) is 8.42 Å². The second kappa shape index (κ2) is 6.01. The van der Waals surface area contributed by atoms with Crippen molar-refractivity contribution >= 4 is 9.84 Å². The average molecular weight is 257 g/mol. The predicted octanol–water partition coefficient (Wildman–Crippen LogP) is 2.04. The molecule has 1 heterocycles. The van der Waals surface area contributed by atoms with Crippen molar-refractivity contribution in [1.82, 2.24) is 5.32 Å². The van der Waals surface area contributed by atoms with Crippen molar-refractivity contribution in [3.8, 4) is 0 Å². The fourth-order valence-corrected chi connectivity index (χ4v) is 4.15. The fourth-order valence-electron chi connectivity index (χ4n) is 2.66. The predicted molar refractivity (Wildman–Crippen MR) is 70.8 cm³/mol. The zero-order valence-electron chi connectivity index (χ0n) is 10.5. The number of hydrogen-bond acceptors (Lipinski definition) is 3. The molecule has 4 heteroatoms. The zero-order valence-corrected chi connectivity index (χ0v) is 11.3. The van der Waals surface area contributed by atoms with Gasteiger partial charge in [0.2, 0.25) is 0 Å². The maximum Gasteiger partial charge on any atom is 0.150 e. The average Bonchev–Trinajstić information content (AvgIpc) is 2.33. The highest BCUT2D eigenvalue weighted by Crippen LogP contribution is 2.20.